The van der Waals surface area contributed by atoms with Gasteiger partial charge in [-0.15, -0.1) is 24.8 Å². The van der Waals surface area contributed by atoms with E-state index in [0.29, 0.717) is 31.5 Å². The van der Waals surface area contributed by atoms with Gasteiger partial charge in [0.05, 0.1) is 6.54 Å². The highest BCUT2D eigenvalue weighted by molar-refractivity contribution is 5.85. The molecular weight excluding hydrogens is 390 g/mol. The van der Waals surface area contributed by atoms with E-state index in [0.717, 1.165) is 32.1 Å². The van der Waals surface area contributed by atoms with Gasteiger partial charge in [0, 0.05) is 25.0 Å². The molecule has 0 radical (unpaired) electrons. The summed E-state index contributed by atoms with van der Waals surface area (Å²) in [6, 6.07) is 0.244. The van der Waals surface area contributed by atoms with E-state index in [4.69, 9.17) is 5.73 Å². The Morgan fingerprint density at radius 2 is 1.73 bits per heavy atom. The zero-order valence-electron chi connectivity index (χ0n) is 14.8. The molecular formula is C17H30Cl2F3N3O. The molecule has 2 aliphatic carbocycles. The number of nitrogens with two attached hydrogens (primary N) is 1. The van der Waals surface area contributed by atoms with Crippen LogP contribution in [0.4, 0.5) is 13.2 Å². The first-order valence-electron chi connectivity index (χ1n) is 9.14. The zero-order chi connectivity index (χ0) is 17.3. The molecule has 0 aromatic carbocycles. The molecule has 0 aromatic rings. The van der Waals surface area contributed by atoms with Crippen molar-refractivity contribution >= 4 is 30.7 Å². The third kappa shape index (κ3) is 6.14. The van der Waals surface area contributed by atoms with Crippen molar-refractivity contribution in [3.8, 4) is 0 Å². The van der Waals surface area contributed by atoms with E-state index in [1.54, 1.807) is 0 Å². The molecule has 1 amide bonds. The molecule has 3 fully saturated rings. The van der Waals surface area contributed by atoms with Gasteiger partial charge < -0.3 is 11.1 Å². The van der Waals surface area contributed by atoms with E-state index in [1.165, 1.54) is 11.3 Å². The highest BCUT2D eigenvalue weighted by Gasteiger charge is 2.40. The Morgan fingerprint density at radius 1 is 1.12 bits per heavy atom. The first kappa shape index (κ1) is 23.8. The summed E-state index contributed by atoms with van der Waals surface area (Å²) in [5.74, 6) is 1.16. The number of nitrogens with zero attached hydrogens (tertiary/aromatic N) is 1. The molecule has 0 spiro atoms. The number of hydrogen-bond donors (Lipinski definition) is 2. The van der Waals surface area contributed by atoms with Crippen LogP contribution in [0.1, 0.15) is 38.5 Å². The smallest absolute Gasteiger partial charge is 0.356 e. The van der Waals surface area contributed by atoms with Crippen molar-refractivity contribution in [1.82, 2.24) is 10.2 Å². The monoisotopic (exact) mass is 419 g/mol. The van der Waals surface area contributed by atoms with Crippen molar-refractivity contribution in [2.45, 2.75) is 50.7 Å². The number of amides is 1. The summed E-state index contributed by atoms with van der Waals surface area (Å²) in [5, 5.41) is 2.99. The maximum Gasteiger partial charge on any atom is 0.401 e. The van der Waals surface area contributed by atoms with Gasteiger partial charge in [-0.3, -0.25) is 9.69 Å². The molecule has 3 aliphatic rings. The second-order valence-electron chi connectivity index (χ2n) is 7.95. The van der Waals surface area contributed by atoms with Gasteiger partial charge >= 0.3 is 6.18 Å². The Labute approximate surface area is 165 Å². The predicted molar refractivity (Wildman–Crippen MR) is 99.6 cm³/mol. The predicted octanol–water partition coefficient (Wildman–Crippen LogP) is 2.98. The van der Waals surface area contributed by atoms with Crippen LogP contribution in [0.3, 0.4) is 0 Å². The number of fused-ring (bicyclic) bond motifs is 2. The number of hydrogen-bond acceptors (Lipinski definition) is 3. The molecule has 3 atom stereocenters. The molecule has 26 heavy (non-hydrogen) atoms. The average Bonchev–Trinajstić information content (AvgIpc) is 2.89. The van der Waals surface area contributed by atoms with Crippen LogP contribution in [0.15, 0.2) is 0 Å². The number of halogens is 5. The van der Waals surface area contributed by atoms with Crippen LogP contribution in [0.5, 0.6) is 0 Å². The minimum Gasteiger partial charge on any atom is -0.356 e. The third-order valence-corrected chi connectivity index (χ3v) is 6.12. The van der Waals surface area contributed by atoms with Gasteiger partial charge in [0.2, 0.25) is 5.91 Å². The van der Waals surface area contributed by atoms with Gasteiger partial charge in [-0.1, -0.05) is 6.42 Å². The quantitative estimate of drug-likeness (QED) is 0.736. The highest BCUT2D eigenvalue weighted by Crippen LogP contribution is 2.41. The van der Waals surface area contributed by atoms with Crippen LogP contribution in [0.2, 0.25) is 0 Å². The van der Waals surface area contributed by atoms with Crippen LogP contribution < -0.4 is 11.1 Å². The molecule has 1 heterocycles. The summed E-state index contributed by atoms with van der Waals surface area (Å²) in [4.78, 5) is 13.9. The molecule has 4 nitrogen and oxygen atoms in total. The first-order valence-corrected chi connectivity index (χ1v) is 9.14. The Hall–Kier alpha value is -0.240. The SMILES string of the molecule is Cl.Cl.NC1C2CCCC1CC(C(=O)NCC1CCN(CC(F)(F)F)C1)C2. The molecule has 0 aromatic heterocycles. The lowest BCUT2D eigenvalue weighted by Crippen LogP contribution is -2.49. The minimum absolute atomic E-state index is 0. The van der Waals surface area contributed by atoms with Crippen LogP contribution in [-0.4, -0.2) is 49.2 Å². The van der Waals surface area contributed by atoms with Gasteiger partial charge in [-0.25, -0.2) is 0 Å². The Balaban J connectivity index is 0.00000169. The van der Waals surface area contributed by atoms with Crippen molar-refractivity contribution in [3.63, 3.8) is 0 Å². The number of alkyl halides is 3. The van der Waals surface area contributed by atoms with Gasteiger partial charge in [0.1, 0.15) is 0 Å². The van der Waals surface area contributed by atoms with Gasteiger partial charge in [0.15, 0.2) is 0 Å². The normalized spacial score (nSPS) is 34.5. The molecule has 154 valence electrons. The standard InChI is InChI=1S/C17H28F3N3O.2ClH/c18-17(19,20)10-23-5-4-11(9-23)8-22-16(24)14-6-12-2-1-3-13(7-14)15(12)21;;/h11-15H,1-10,21H2,(H,22,24);2*1H. The molecule has 1 aliphatic heterocycles. The van der Waals surface area contributed by atoms with E-state index >= 15 is 0 Å². The molecule has 3 unspecified atom stereocenters. The van der Waals surface area contributed by atoms with Crippen LogP contribution >= 0.6 is 24.8 Å². The molecule has 3 N–H and O–H groups in total. The lowest BCUT2D eigenvalue weighted by Gasteiger charge is -2.43. The number of carbonyl (C=O) groups excluding carboxylic acids is 1. The van der Waals surface area contributed by atoms with Gasteiger partial charge in [-0.2, -0.15) is 13.2 Å². The number of carbonyl (C=O) groups is 1. The Morgan fingerprint density at radius 3 is 2.31 bits per heavy atom. The van der Waals surface area contributed by atoms with Gasteiger partial charge in [-0.05, 0) is 56.4 Å². The third-order valence-electron chi connectivity index (χ3n) is 6.12. The fraction of sp³-hybridized carbons (Fsp3) is 0.941. The van der Waals surface area contributed by atoms with Gasteiger partial charge in [0.25, 0.3) is 0 Å². The number of nitrogens with one attached hydrogen (secondary N) is 1. The lowest BCUT2D eigenvalue weighted by molar-refractivity contribution is -0.143. The topological polar surface area (TPSA) is 58.4 Å². The molecule has 1 saturated heterocycles. The summed E-state index contributed by atoms with van der Waals surface area (Å²) in [6.07, 6.45) is 1.78. The van der Waals surface area contributed by atoms with E-state index in [2.05, 4.69) is 5.32 Å². The average molecular weight is 420 g/mol. The first-order chi connectivity index (χ1) is 11.3. The van der Waals surface area contributed by atoms with Crippen molar-refractivity contribution in [2.75, 3.05) is 26.2 Å². The minimum atomic E-state index is -4.14. The summed E-state index contributed by atoms with van der Waals surface area (Å²) in [5.41, 5.74) is 6.26. The largest absolute Gasteiger partial charge is 0.401 e. The molecule has 9 heteroatoms. The maximum absolute atomic E-state index is 12.5. The molecule has 2 bridgehead atoms. The van der Waals surface area contributed by atoms with E-state index in [-0.39, 0.29) is 48.6 Å². The number of likely N-dealkylation sites (tertiary alicyclic amines) is 1. The Kier molecular flexibility index (Phi) is 8.97. The fourth-order valence-electron chi connectivity index (χ4n) is 4.87. The highest BCUT2D eigenvalue weighted by atomic mass is 35.5. The lowest BCUT2D eigenvalue weighted by atomic mass is 9.65. The molecule has 2 saturated carbocycles. The molecule has 3 rings (SSSR count). The summed E-state index contributed by atoms with van der Waals surface area (Å²) in [7, 11) is 0. The Bertz CT molecular complexity index is 453. The number of rotatable bonds is 4. The maximum atomic E-state index is 12.5. The van der Waals surface area contributed by atoms with E-state index in [1.807, 2.05) is 0 Å². The summed E-state index contributed by atoms with van der Waals surface area (Å²) >= 11 is 0. The van der Waals surface area contributed by atoms with Crippen molar-refractivity contribution in [1.29, 1.82) is 0 Å². The van der Waals surface area contributed by atoms with Crippen LogP contribution in [0, 0.1) is 23.7 Å². The van der Waals surface area contributed by atoms with Crippen LogP contribution in [0.25, 0.3) is 0 Å². The second kappa shape index (κ2) is 9.80. The van der Waals surface area contributed by atoms with E-state index < -0.39 is 12.7 Å². The summed E-state index contributed by atoms with van der Waals surface area (Å²) in [6.45, 7) is 0.523. The van der Waals surface area contributed by atoms with E-state index in [9.17, 15) is 18.0 Å². The van der Waals surface area contributed by atoms with Crippen molar-refractivity contribution in [3.05, 3.63) is 0 Å². The van der Waals surface area contributed by atoms with Crippen molar-refractivity contribution in [2.24, 2.45) is 29.4 Å². The van der Waals surface area contributed by atoms with Crippen molar-refractivity contribution < 1.29 is 18.0 Å². The van der Waals surface area contributed by atoms with Crippen LogP contribution in [-0.2, 0) is 4.79 Å². The second-order valence-corrected chi connectivity index (χ2v) is 7.95. The fourth-order valence-corrected chi connectivity index (χ4v) is 4.87. The summed E-state index contributed by atoms with van der Waals surface area (Å²) < 4.78 is 37.2. The zero-order valence-corrected chi connectivity index (χ0v) is 16.5.